The molecule has 0 fully saturated rings. The summed E-state index contributed by atoms with van der Waals surface area (Å²) < 4.78 is 9.24. The van der Waals surface area contributed by atoms with Crippen molar-refractivity contribution in [1.29, 1.82) is 5.26 Å². The predicted octanol–water partition coefficient (Wildman–Crippen LogP) is 1.40. The first kappa shape index (κ1) is 14.3. The third-order valence-electron chi connectivity index (χ3n) is 2.09. The van der Waals surface area contributed by atoms with Gasteiger partial charge in [0.15, 0.2) is 11.5 Å². The minimum atomic E-state index is -0.740. The SMILES string of the molecule is CCOC(=O)/C(C#N)=C/c1ccc(O)c(OC=O)c1. The van der Waals surface area contributed by atoms with E-state index >= 15 is 0 Å². The molecule has 0 unspecified atom stereocenters. The quantitative estimate of drug-likeness (QED) is 0.372. The van der Waals surface area contributed by atoms with Crippen molar-refractivity contribution in [2.45, 2.75) is 6.92 Å². The zero-order valence-electron chi connectivity index (χ0n) is 10.1. The Morgan fingerprint density at radius 1 is 1.53 bits per heavy atom. The average Bonchev–Trinajstić information content (AvgIpc) is 2.40. The summed E-state index contributed by atoms with van der Waals surface area (Å²) in [6, 6.07) is 5.78. The number of hydrogen-bond donors (Lipinski definition) is 1. The standard InChI is InChI=1S/C13H11NO5/c1-2-18-13(17)10(7-14)5-9-3-4-11(16)12(6-9)19-8-15/h3-6,8,16H,2H2,1H3/b10-5+. The zero-order valence-corrected chi connectivity index (χ0v) is 10.1. The smallest absolute Gasteiger partial charge is 0.348 e. The van der Waals surface area contributed by atoms with E-state index in [1.807, 2.05) is 0 Å². The highest BCUT2D eigenvalue weighted by Crippen LogP contribution is 2.27. The number of carbonyl (C=O) groups excluding carboxylic acids is 2. The number of rotatable bonds is 5. The molecule has 1 aromatic rings. The second kappa shape index (κ2) is 6.81. The largest absolute Gasteiger partial charge is 0.504 e. The number of phenolic OH excluding ortho intramolecular Hbond substituents is 1. The number of hydrogen-bond acceptors (Lipinski definition) is 6. The maximum absolute atomic E-state index is 11.4. The molecular formula is C13H11NO5. The third kappa shape index (κ3) is 3.85. The number of aromatic hydroxyl groups is 1. The minimum Gasteiger partial charge on any atom is -0.504 e. The average molecular weight is 261 g/mol. The number of nitriles is 1. The Kier molecular flexibility index (Phi) is 5.11. The van der Waals surface area contributed by atoms with E-state index in [4.69, 9.17) is 10.00 Å². The van der Waals surface area contributed by atoms with Crippen LogP contribution in [0.1, 0.15) is 12.5 Å². The van der Waals surface area contributed by atoms with Gasteiger partial charge in [0.1, 0.15) is 11.6 Å². The Labute approximate surface area is 109 Å². The fraction of sp³-hybridized carbons (Fsp3) is 0.154. The number of ether oxygens (including phenoxy) is 2. The molecule has 0 spiro atoms. The lowest BCUT2D eigenvalue weighted by Crippen LogP contribution is -2.06. The Morgan fingerprint density at radius 3 is 2.84 bits per heavy atom. The summed E-state index contributed by atoms with van der Waals surface area (Å²) in [5.41, 5.74) is 0.226. The van der Waals surface area contributed by atoms with Gasteiger partial charge in [0.25, 0.3) is 6.47 Å². The molecule has 98 valence electrons. The molecular weight excluding hydrogens is 250 g/mol. The van der Waals surface area contributed by atoms with Crippen molar-refractivity contribution in [1.82, 2.24) is 0 Å². The van der Waals surface area contributed by atoms with Crippen molar-refractivity contribution in [3.05, 3.63) is 29.3 Å². The lowest BCUT2D eigenvalue weighted by Gasteiger charge is -2.03. The topological polar surface area (TPSA) is 96.6 Å². The highest BCUT2D eigenvalue weighted by atomic mass is 16.5. The number of esters is 1. The Balaban J connectivity index is 3.09. The van der Waals surface area contributed by atoms with E-state index in [2.05, 4.69) is 4.74 Å². The van der Waals surface area contributed by atoms with Crippen molar-refractivity contribution < 1.29 is 24.2 Å². The Morgan fingerprint density at radius 2 is 2.26 bits per heavy atom. The van der Waals surface area contributed by atoms with Gasteiger partial charge in [0, 0.05) is 0 Å². The van der Waals surface area contributed by atoms with Gasteiger partial charge in [-0.15, -0.1) is 0 Å². The van der Waals surface area contributed by atoms with Crippen LogP contribution in [0.3, 0.4) is 0 Å². The normalized spacial score (nSPS) is 10.4. The van der Waals surface area contributed by atoms with Crippen LogP contribution in [-0.4, -0.2) is 24.2 Å². The van der Waals surface area contributed by atoms with Crippen LogP contribution in [0.25, 0.3) is 6.08 Å². The molecule has 0 aliphatic rings. The van der Waals surface area contributed by atoms with Crippen LogP contribution in [0.5, 0.6) is 11.5 Å². The molecule has 0 saturated carbocycles. The summed E-state index contributed by atoms with van der Waals surface area (Å²) in [6.45, 7) is 1.95. The Bertz CT molecular complexity index is 557. The third-order valence-corrected chi connectivity index (χ3v) is 2.09. The maximum Gasteiger partial charge on any atom is 0.348 e. The predicted molar refractivity (Wildman–Crippen MR) is 65.0 cm³/mol. The maximum atomic E-state index is 11.4. The number of phenols is 1. The molecule has 1 N–H and O–H groups in total. The lowest BCUT2D eigenvalue weighted by molar-refractivity contribution is -0.137. The number of nitrogens with zero attached hydrogens (tertiary/aromatic N) is 1. The van der Waals surface area contributed by atoms with E-state index in [0.29, 0.717) is 5.56 Å². The van der Waals surface area contributed by atoms with Crippen LogP contribution in [0.15, 0.2) is 23.8 Å². The van der Waals surface area contributed by atoms with Crippen molar-refractivity contribution in [3.8, 4) is 17.6 Å². The van der Waals surface area contributed by atoms with Crippen LogP contribution < -0.4 is 4.74 Å². The highest BCUT2D eigenvalue weighted by Gasteiger charge is 2.10. The first-order valence-electron chi connectivity index (χ1n) is 5.34. The van der Waals surface area contributed by atoms with Gasteiger partial charge in [-0.1, -0.05) is 6.07 Å². The van der Waals surface area contributed by atoms with Gasteiger partial charge in [0.05, 0.1) is 6.61 Å². The van der Waals surface area contributed by atoms with Crippen molar-refractivity contribution >= 4 is 18.5 Å². The molecule has 0 heterocycles. The first-order chi connectivity index (χ1) is 9.12. The monoisotopic (exact) mass is 261 g/mol. The van der Waals surface area contributed by atoms with Crippen LogP contribution in [0.4, 0.5) is 0 Å². The van der Waals surface area contributed by atoms with Crippen molar-refractivity contribution in [2.75, 3.05) is 6.61 Å². The fourth-order valence-corrected chi connectivity index (χ4v) is 1.28. The molecule has 1 aromatic carbocycles. The molecule has 6 heteroatoms. The van der Waals surface area contributed by atoms with Crippen molar-refractivity contribution in [2.24, 2.45) is 0 Å². The number of carbonyl (C=O) groups is 2. The summed E-state index contributed by atoms with van der Waals surface area (Å²) in [5, 5.41) is 18.2. The fourth-order valence-electron chi connectivity index (χ4n) is 1.28. The van der Waals surface area contributed by atoms with E-state index < -0.39 is 5.97 Å². The molecule has 0 amide bonds. The van der Waals surface area contributed by atoms with Gasteiger partial charge in [-0.25, -0.2) is 4.79 Å². The molecule has 0 radical (unpaired) electrons. The van der Waals surface area contributed by atoms with E-state index in [-0.39, 0.29) is 30.2 Å². The summed E-state index contributed by atoms with van der Waals surface area (Å²) in [7, 11) is 0. The second-order valence-corrected chi connectivity index (χ2v) is 3.33. The zero-order chi connectivity index (χ0) is 14.3. The molecule has 1 rings (SSSR count). The van der Waals surface area contributed by atoms with Crippen molar-refractivity contribution in [3.63, 3.8) is 0 Å². The lowest BCUT2D eigenvalue weighted by atomic mass is 10.1. The van der Waals surface area contributed by atoms with Gasteiger partial charge < -0.3 is 14.6 Å². The van der Waals surface area contributed by atoms with E-state index in [0.717, 1.165) is 0 Å². The molecule has 19 heavy (non-hydrogen) atoms. The van der Waals surface area contributed by atoms with E-state index in [1.54, 1.807) is 13.0 Å². The molecule has 0 aromatic heterocycles. The van der Waals surface area contributed by atoms with Gasteiger partial charge in [-0.2, -0.15) is 5.26 Å². The first-order valence-corrected chi connectivity index (χ1v) is 5.34. The minimum absolute atomic E-state index is 0.0649. The van der Waals surface area contributed by atoms with E-state index in [9.17, 15) is 14.7 Å². The second-order valence-electron chi connectivity index (χ2n) is 3.33. The van der Waals surface area contributed by atoms with Gasteiger partial charge in [-0.05, 0) is 30.7 Å². The molecule has 0 bridgehead atoms. The highest BCUT2D eigenvalue weighted by molar-refractivity contribution is 5.97. The molecule has 0 aliphatic carbocycles. The van der Waals surface area contributed by atoms with Crippen LogP contribution in [-0.2, 0) is 14.3 Å². The van der Waals surface area contributed by atoms with Gasteiger partial charge in [0.2, 0.25) is 0 Å². The van der Waals surface area contributed by atoms with Crippen LogP contribution >= 0.6 is 0 Å². The molecule has 0 atom stereocenters. The number of benzene rings is 1. The molecule has 0 saturated heterocycles. The summed E-state index contributed by atoms with van der Waals surface area (Å²) >= 11 is 0. The van der Waals surface area contributed by atoms with Crippen LogP contribution in [0, 0.1) is 11.3 Å². The summed E-state index contributed by atoms with van der Waals surface area (Å²) in [6.07, 6.45) is 1.27. The van der Waals surface area contributed by atoms with Crippen LogP contribution in [0.2, 0.25) is 0 Å². The molecule has 6 nitrogen and oxygen atoms in total. The van der Waals surface area contributed by atoms with Gasteiger partial charge in [-0.3, -0.25) is 4.79 Å². The molecule has 0 aliphatic heterocycles. The summed E-state index contributed by atoms with van der Waals surface area (Å²) in [4.78, 5) is 21.6. The van der Waals surface area contributed by atoms with E-state index in [1.165, 1.54) is 24.3 Å². The van der Waals surface area contributed by atoms with Gasteiger partial charge >= 0.3 is 5.97 Å². The Hall–Kier alpha value is -2.81. The summed E-state index contributed by atoms with van der Waals surface area (Å²) in [5.74, 6) is -1.03.